The van der Waals surface area contributed by atoms with Gasteiger partial charge >= 0.3 is 0 Å². The molecule has 2 aromatic heterocycles. The number of rotatable bonds is 5. The van der Waals surface area contributed by atoms with Gasteiger partial charge in [0.15, 0.2) is 0 Å². The molecule has 0 aliphatic carbocycles. The summed E-state index contributed by atoms with van der Waals surface area (Å²) in [5, 5.41) is 11.1. The zero-order valence-electron chi connectivity index (χ0n) is 17.1. The molecule has 1 amide bonds. The Kier molecular flexibility index (Phi) is 5.49. The summed E-state index contributed by atoms with van der Waals surface area (Å²) in [4.78, 5) is 35.9. The van der Waals surface area contributed by atoms with Crippen LogP contribution < -0.4 is 4.74 Å². The van der Waals surface area contributed by atoms with Crippen molar-refractivity contribution >= 4 is 17.4 Å². The molecule has 3 heterocycles. The second-order valence-electron chi connectivity index (χ2n) is 7.23. The van der Waals surface area contributed by atoms with Gasteiger partial charge in [0.2, 0.25) is 0 Å². The van der Waals surface area contributed by atoms with Gasteiger partial charge in [-0.1, -0.05) is 12.1 Å². The second kappa shape index (κ2) is 8.39. The number of carbonyl (C=O) groups is 2. The topological polar surface area (TPSA) is 92.6 Å². The summed E-state index contributed by atoms with van der Waals surface area (Å²) in [5.74, 6) is -1.01. The summed E-state index contributed by atoms with van der Waals surface area (Å²) in [6.45, 7) is 2.00. The summed E-state index contributed by atoms with van der Waals surface area (Å²) in [6, 6.07) is 13.1. The predicted octanol–water partition coefficient (Wildman–Crippen LogP) is 3.42. The number of aromatic nitrogens is 2. The molecule has 1 aliphatic heterocycles. The molecule has 4 rings (SSSR count). The first-order chi connectivity index (χ1) is 15.0. The monoisotopic (exact) mass is 415 g/mol. The number of Topliss-reactive ketones (excluding diaryl/α,β-unsaturated/α-hetero) is 1. The van der Waals surface area contributed by atoms with E-state index in [1.54, 1.807) is 68.2 Å². The fourth-order valence-electron chi connectivity index (χ4n) is 3.76. The van der Waals surface area contributed by atoms with E-state index < -0.39 is 17.7 Å². The van der Waals surface area contributed by atoms with E-state index in [1.807, 2.05) is 13.0 Å². The number of amides is 1. The highest BCUT2D eigenvalue weighted by Crippen LogP contribution is 2.39. The fraction of sp³-hybridized carbons (Fsp3) is 0.167. The number of nitrogens with zero attached hydrogens (tertiary/aromatic N) is 3. The zero-order chi connectivity index (χ0) is 22.0. The average molecular weight is 415 g/mol. The molecule has 156 valence electrons. The van der Waals surface area contributed by atoms with E-state index in [1.165, 1.54) is 4.90 Å². The Hall–Kier alpha value is -4.00. The van der Waals surface area contributed by atoms with Crippen molar-refractivity contribution in [2.24, 2.45) is 0 Å². The van der Waals surface area contributed by atoms with Gasteiger partial charge in [0.25, 0.3) is 11.7 Å². The number of methoxy groups -OCH3 is 1. The Morgan fingerprint density at radius 2 is 1.97 bits per heavy atom. The van der Waals surface area contributed by atoms with Crippen molar-refractivity contribution in [3.05, 3.63) is 95.1 Å². The predicted molar refractivity (Wildman–Crippen MR) is 114 cm³/mol. The first-order valence-corrected chi connectivity index (χ1v) is 9.74. The minimum Gasteiger partial charge on any atom is -0.507 e. The van der Waals surface area contributed by atoms with Gasteiger partial charge in [-0.05, 0) is 54.4 Å². The number of ether oxygens (including phenoxy) is 1. The highest BCUT2D eigenvalue weighted by Gasteiger charge is 2.46. The van der Waals surface area contributed by atoms with Crippen molar-refractivity contribution in [1.29, 1.82) is 0 Å². The average Bonchev–Trinajstić information content (AvgIpc) is 3.04. The molecular formula is C24H21N3O4. The van der Waals surface area contributed by atoms with Crippen LogP contribution in [0.15, 0.2) is 72.7 Å². The van der Waals surface area contributed by atoms with Crippen LogP contribution in [-0.4, -0.2) is 38.8 Å². The molecule has 0 bridgehead atoms. The van der Waals surface area contributed by atoms with Crippen LogP contribution in [0.25, 0.3) is 5.76 Å². The number of aryl methyl sites for hydroxylation is 1. The number of aliphatic hydroxyl groups excluding tert-OH is 1. The van der Waals surface area contributed by atoms with Crippen molar-refractivity contribution in [3.8, 4) is 5.75 Å². The summed E-state index contributed by atoms with van der Waals surface area (Å²) >= 11 is 0. The Bertz CT molecular complexity index is 1160. The molecule has 1 fully saturated rings. The Balaban J connectivity index is 1.85. The molecule has 3 aromatic rings. The number of pyridine rings is 2. The smallest absolute Gasteiger partial charge is 0.296 e. The van der Waals surface area contributed by atoms with Gasteiger partial charge in [0, 0.05) is 30.7 Å². The number of hydrogen-bond acceptors (Lipinski definition) is 6. The number of ketones is 1. The van der Waals surface area contributed by atoms with Crippen molar-refractivity contribution < 1.29 is 19.4 Å². The lowest BCUT2D eigenvalue weighted by Gasteiger charge is -2.24. The van der Waals surface area contributed by atoms with Crippen LogP contribution in [0.3, 0.4) is 0 Å². The third-order valence-electron chi connectivity index (χ3n) is 5.25. The van der Waals surface area contributed by atoms with Crippen LogP contribution in [0.5, 0.6) is 5.75 Å². The van der Waals surface area contributed by atoms with Crippen LogP contribution in [0, 0.1) is 6.92 Å². The van der Waals surface area contributed by atoms with E-state index in [0.717, 1.165) is 11.1 Å². The molecule has 1 saturated heterocycles. The van der Waals surface area contributed by atoms with Gasteiger partial charge in [-0.25, -0.2) is 0 Å². The lowest BCUT2D eigenvalue weighted by molar-refractivity contribution is -0.140. The second-order valence-corrected chi connectivity index (χ2v) is 7.23. The molecule has 1 aliphatic rings. The van der Waals surface area contributed by atoms with Crippen molar-refractivity contribution in [1.82, 2.24) is 14.9 Å². The third-order valence-corrected chi connectivity index (χ3v) is 5.25. The molecule has 1 aromatic carbocycles. The minimum atomic E-state index is -0.816. The Morgan fingerprint density at radius 3 is 2.61 bits per heavy atom. The molecule has 7 nitrogen and oxygen atoms in total. The summed E-state index contributed by atoms with van der Waals surface area (Å²) in [7, 11) is 1.56. The highest BCUT2D eigenvalue weighted by molar-refractivity contribution is 6.46. The first-order valence-electron chi connectivity index (χ1n) is 9.74. The molecule has 0 spiro atoms. The molecule has 0 saturated carbocycles. The normalized spacial score (nSPS) is 17.7. The first kappa shape index (κ1) is 20.3. The number of aliphatic hydroxyl groups is 1. The molecule has 1 atom stereocenters. The standard InChI is InChI=1S/C24H21N3O4/c1-15-12-17(8-9-19(15)31-2)22(28)20-21(18-7-3-4-11-26-18)27(24(30)23(20)29)14-16-6-5-10-25-13-16/h3-13,21,28H,14H2,1-2H3/b22-20+/t21-/m0/s1. The highest BCUT2D eigenvalue weighted by atomic mass is 16.5. The lowest BCUT2D eigenvalue weighted by atomic mass is 9.97. The molecular weight excluding hydrogens is 394 g/mol. The van der Waals surface area contributed by atoms with Crippen LogP contribution in [-0.2, 0) is 16.1 Å². The molecule has 1 N–H and O–H groups in total. The van der Waals surface area contributed by atoms with Gasteiger partial charge in [-0.3, -0.25) is 19.6 Å². The number of carbonyl (C=O) groups excluding carboxylic acids is 2. The molecule has 7 heteroatoms. The van der Waals surface area contributed by atoms with Gasteiger partial charge in [0.1, 0.15) is 17.6 Å². The van der Waals surface area contributed by atoms with Gasteiger partial charge < -0.3 is 14.7 Å². The van der Waals surface area contributed by atoms with Crippen LogP contribution in [0.4, 0.5) is 0 Å². The fourth-order valence-corrected chi connectivity index (χ4v) is 3.76. The maximum Gasteiger partial charge on any atom is 0.296 e. The van der Waals surface area contributed by atoms with Crippen LogP contribution >= 0.6 is 0 Å². The summed E-state index contributed by atoms with van der Waals surface area (Å²) in [6.07, 6.45) is 4.87. The third kappa shape index (κ3) is 3.77. The maximum atomic E-state index is 13.0. The van der Waals surface area contributed by atoms with Crippen LogP contribution in [0.1, 0.15) is 28.4 Å². The zero-order valence-corrected chi connectivity index (χ0v) is 17.1. The van der Waals surface area contributed by atoms with Crippen molar-refractivity contribution in [3.63, 3.8) is 0 Å². The number of benzene rings is 1. The van der Waals surface area contributed by atoms with E-state index in [2.05, 4.69) is 9.97 Å². The van der Waals surface area contributed by atoms with Crippen molar-refractivity contribution in [2.45, 2.75) is 19.5 Å². The van der Waals surface area contributed by atoms with E-state index in [0.29, 0.717) is 17.0 Å². The Morgan fingerprint density at radius 1 is 1.13 bits per heavy atom. The summed E-state index contributed by atoms with van der Waals surface area (Å²) in [5.41, 5.74) is 2.50. The molecule has 0 unspecified atom stereocenters. The maximum absolute atomic E-state index is 13.0. The van der Waals surface area contributed by atoms with E-state index in [-0.39, 0.29) is 17.9 Å². The van der Waals surface area contributed by atoms with E-state index in [9.17, 15) is 14.7 Å². The van der Waals surface area contributed by atoms with E-state index in [4.69, 9.17) is 4.74 Å². The van der Waals surface area contributed by atoms with Crippen molar-refractivity contribution in [2.75, 3.05) is 7.11 Å². The van der Waals surface area contributed by atoms with E-state index >= 15 is 0 Å². The summed E-state index contributed by atoms with van der Waals surface area (Å²) < 4.78 is 5.27. The quantitative estimate of drug-likeness (QED) is 0.390. The largest absolute Gasteiger partial charge is 0.507 e. The van der Waals surface area contributed by atoms with Gasteiger partial charge in [-0.15, -0.1) is 0 Å². The lowest BCUT2D eigenvalue weighted by Crippen LogP contribution is -2.29. The SMILES string of the molecule is COc1ccc(/C(O)=C2\C(=O)C(=O)N(Cc3cccnc3)[C@H]2c2ccccn2)cc1C. The molecule has 31 heavy (non-hydrogen) atoms. The van der Waals surface area contributed by atoms with Gasteiger partial charge in [0.05, 0.1) is 18.4 Å². The van der Waals surface area contributed by atoms with Gasteiger partial charge in [-0.2, -0.15) is 0 Å². The number of likely N-dealkylation sites (tertiary alicyclic amines) is 1. The molecule has 0 radical (unpaired) electrons. The minimum absolute atomic E-state index is 0.0113. The Labute approximate surface area is 179 Å². The van der Waals surface area contributed by atoms with Crippen LogP contribution in [0.2, 0.25) is 0 Å². The number of hydrogen-bond donors (Lipinski definition) is 1.